The van der Waals surface area contributed by atoms with Gasteiger partial charge in [0.25, 0.3) is 0 Å². The topological polar surface area (TPSA) is 69.6 Å². The zero-order valence-corrected chi connectivity index (χ0v) is 15.7. The lowest BCUT2D eigenvalue weighted by atomic mass is 9.92. The van der Waals surface area contributed by atoms with Crippen molar-refractivity contribution in [3.63, 3.8) is 0 Å². The van der Waals surface area contributed by atoms with Gasteiger partial charge in [0, 0.05) is 41.1 Å². The number of hydrogen-bond acceptors (Lipinski definition) is 5. The van der Waals surface area contributed by atoms with Gasteiger partial charge < -0.3 is 15.3 Å². The summed E-state index contributed by atoms with van der Waals surface area (Å²) in [5, 5.41) is 12.9. The molecule has 2 aromatic carbocycles. The Hall–Kier alpha value is -2.76. The summed E-state index contributed by atoms with van der Waals surface area (Å²) < 4.78 is 0. The summed E-state index contributed by atoms with van der Waals surface area (Å²) in [4.78, 5) is 26.9. The van der Waals surface area contributed by atoms with Crippen LogP contribution in [0.25, 0.3) is 0 Å². The number of allylic oxidation sites excluding steroid dienone is 2. The Morgan fingerprint density at radius 1 is 0.963 bits per heavy atom. The van der Waals surface area contributed by atoms with Gasteiger partial charge in [-0.25, -0.2) is 0 Å². The van der Waals surface area contributed by atoms with Gasteiger partial charge in [-0.2, -0.15) is 0 Å². The summed E-state index contributed by atoms with van der Waals surface area (Å²) >= 11 is 12.1. The minimum Gasteiger partial charge on any atom is -0.514 e. The van der Waals surface area contributed by atoms with Gasteiger partial charge in [0.1, 0.15) is 10.7 Å². The van der Waals surface area contributed by atoms with E-state index in [0.29, 0.717) is 23.7 Å². The van der Waals surface area contributed by atoms with Crippen molar-refractivity contribution in [2.45, 2.75) is 0 Å². The Morgan fingerprint density at radius 2 is 1.59 bits per heavy atom. The summed E-state index contributed by atoms with van der Waals surface area (Å²) in [6.07, 6.45) is 2.11. The molecule has 2 N–H and O–H groups in total. The molecule has 0 aliphatic heterocycles. The van der Waals surface area contributed by atoms with Gasteiger partial charge in [-0.1, -0.05) is 47.5 Å². The molecule has 0 bridgehead atoms. The summed E-state index contributed by atoms with van der Waals surface area (Å²) in [7, 11) is 0. The average molecular weight is 403 g/mol. The van der Waals surface area contributed by atoms with Gasteiger partial charge in [0.05, 0.1) is 6.26 Å². The predicted molar refractivity (Wildman–Crippen MR) is 106 cm³/mol. The van der Waals surface area contributed by atoms with Crippen molar-refractivity contribution >= 4 is 40.5 Å². The first-order valence-electron chi connectivity index (χ1n) is 8.18. The lowest BCUT2D eigenvalue weighted by molar-refractivity contribution is 0.0958. The Balaban J connectivity index is 1.81. The van der Waals surface area contributed by atoms with Crippen LogP contribution in [-0.2, 0) is 0 Å². The molecule has 1 aliphatic carbocycles. The standard InChI is InChI=1S/C20H16Cl2N2O3/c21-13-5-7-14(8-6-13)23-9-10-24(11-12-25)18-17(22)19(26)15-3-1-2-4-16(15)20(18)27/h1-8,11-12,23,25H,9-10H2/b12-11+. The Morgan fingerprint density at radius 3 is 2.22 bits per heavy atom. The number of aliphatic hydroxyl groups excluding tert-OH is 1. The zero-order valence-electron chi connectivity index (χ0n) is 14.2. The highest BCUT2D eigenvalue weighted by molar-refractivity contribution is 6.49. The van der Waals surface area contributed by atoms with E-state index in [1.54, 1.807) is 36.4 Å². The third-order valence-corrected chi connectivity index (χ3v) is 4.70. The van der Waals surface area contributed by atoms with Crippen LogP contribution in [0.4, 0.5) is 5.69 Å². The third-order valence-electron chi connectivity index (χ3n) is 4.10. The molecule has 0 amide bonds. The number of nitrogens with zero attached hydrogens (tertiary/aromatic N) is 1. The number of anilines is 1. The van der Waals surface area contributed by atoms with Crippen molar-refractivity contribution in [1.82, 2.24) is 4.90 Å². The van der Waals surface area contributed by atoms with E-state index in [2.05, 4.69) is 5.32 Å². The molecule has 0 saturated carbocycles. The second kappa shape index (κ2) is 8.29. The van der Waals surface area contributed by atoms with E-state index in [4.69, 9.17) is 23.2 Å². The number of fused-ring (bicyclic) bond motifs is 1. The molecule has 27 heavy (non-hydrogen) atoms. The average Bonchev–Trinajstić information content (AvgIpc) is 2.68. The smallest absolute Gasteiger partial charge is 0.211 e. The van der Waals surface area contributed by atoms with Crippen LogP contribution in [0.15, 0.2) is 71.7 Å². The maximum Gasteiger partial charge on any atom is 0.211 e. The lowest BCUT2D eigenvalue weighted by Gasteiger charge is -2.27. The molecule has 0 spiro atoms. The number of carbonyl (C=O) groups excluding carboxylic acids is 2. The first-order chi connectivity index (χ1) is 13.0. The van der Waals surface area contributed by atoms with Crippen molar-refractivity contribution < 1.29 is 14.7 Å². The Bertz CT molecular complexity index is 936. The lowest BCUT2D eigenvalue weighted by Crippen LogP contribution is -2.33. The van der Waals surface area contributed by atoms with Gasteiger partial charge >= 0.3 is 0 Å². The number of benzene rings is 2. The Labute approximate surface area is 166 Å². The summed E-state index contributed by atoms with van der Waals surface area (Å²) in [5.74, 6) is -0.774. The van der Waals surface area contributed by atoms with E-state index in [9.17, 15) is 14.7 Å². The van der Waals surface area contributed by atoms with Crippen LogP contribution in [0.5, 0.6) is 0 Å². The van der Waals surface area contributed by atoms with Gasteiger partial charge in [-0.05, 0) is 24.3 Å². The van der Waals surface area contributed by atoms with Crippen LogP contribution < -0.4 is 5.32 Å². The highest BCUT2D eigenvalue weighted by Gasteiger charge is 2.33. The van der Waals surface area contributed by atoms with E-state index in [1.165, 1.54) is 11.1 Å². The van der Waals surface area contributed by atoms with Gasteiger partial charge in [-0.15, -0.1) is 0 Å². The molecule has 0 unspecified atom stereocenters. The maximum atomic E-state index is 12.9. The molecule has 0 saturated heterocycles. The summed E-state index contributed by atoms with van der Waals surface area (Å²) in [6.45, 7) is 0.731. The van der Waals surface area contributed by atoms with E-state index in [1.807, 2.05) is 12.1 Å². The number of halogens is 2. The number of nitrogens with one attached hydrogen (secondary N) is 1. The normalized spacial score (nSPS) is 13.9. The van der Waals surface area contributed by atoms with Crippen molar-refractivity contribution in [2.24, 2.45) is 0 Å². The first-order valence-corrected chi connectivity index (χ1v) is 8.93. The number of hydrogen-bond donors (Lipinski definition) is 2. The van der Waals surface area contributed by atoms with E-state index >= 15 is 0 Å². The Kier molecular flexibility index (Phi) is 5.84. The van der Waals surface area contributed by atoms with Crippen LogP contribution in [0.2, 0.25) is 5.02 Å². The molecule has 0 heterocycles. The fourth-order valence-corrected chi connectivity index (χ4v) is 3.24. The molecule has 0 atom stereocenters. The molecule has 0 aromatic heterocycles. The summed E-state index contributed by atoms with van der Waals surface area (Å²) in [6, 6.07) is 13.7. The number of carbonyl (C=O) groups is 2. The zero-order chi connectivity index (χ0) is 19.4. The van der Waals surface area contributed by atoms with Crippen LogP contribution in [0.1, 0.15) is 20.7 Å². The van der Waals surface area contributed by atoms with Crippen molar-refractivity contribution in [2.75, 3.05) is 18.4 Å². The monoisotopic (exact) mass is 402 g/mol. The second-order valence-corrected chi connectivity index (χ2v) is 6.61. The largest absolute Gasteiger partial charge is 0.514 e. The van der Waals surface area contributed by atoms with Crippen LogP contribution in [0.3, 0.4) is 0 Å². The highest BCUT2D eigenvalue weighted by atomic mass is 35.5. The minimum atomic E-state index is -0.413. The van der Waals surface area contributed by atoms with Crippen LogP contribution in [0, 0.1) is 0 Å². The number of Topliss-reactive ketones (excluding diaryl/α,β-unsaturated/α-hetero) is 2. The quantitative estimate of drug-likeness (QED) is 0.690. The van der Waals surface area contributed by atoms with E-state index in [0.717, 1.165) is 11.9 Å². The highest BCUT2D eigenvalue weighted by Crippen LogP contribution is 2.30. The maximum absolute atomic E-state index is 12.9. The fraction of sp³-hybridized carbons (Fsp3) is 0.100. The molecule has 7 heteroatoms. The van der Waals surface area contributed by atoms with Gasteiger partial charge in [-0.3, -0.25) is 9.59 Å². The predicted octanol–water partition coefficient (Wildman–Crippen LogP) is 4.61. The molecule has 3 rings (SSSR count). The number of rotatable bonds is 6. The minimum absolute atomic E-state index is 0.0450. The van der Waals surface area contributed by atoms with Crippen molar-refractivity contribution in [3.8, 4) is 0 Å². The van der Waals surface area contributed by atoms with E-state index < -0.39 is 5.78 Å². The van der Waals surface area contributed by atoms with Crippen LogP contribution in [-0.4, -0.2) is 34.7 Å². The third kappa shape index (κ3) is 3.99. The second-order valence-electron chi connectivity index (χ2n) is 5.79. The molecule has 138 valence electrons. The SMILES string of the molecule is O=C1C(Cl)=C(N(/C=C/O)CCNc2ccc(Cl)cc2)C(=O)c2ccccc21. The van der Waals surface area contributed by atoms with Crippen molar-refractivity contribution in [3.05, 3.63) is 87.9 Å². The van der Waals surface area contributed by atoms with E-state index in [-0.39, 0.29) is 22.1 Å². The molecule has 0 radical (unpaired) electrons. The molecular formula is C20H16Cl2N2O3. The first kappa shape index (κ1) is 19.0. The van der Waals surface area contributed by atoms with Gasteiger partial charge in [0.15, 0.2) is 0 Å². The van der Waals surface area contributed by atoms with Crippen LogP contribution >= 0.6 is 23.2 Å². The number of ketones is 2. The fourth-order valence-electron chi connectivity index (χ4n) is 2.82. The molecular weight excluding hydrogens is 387 g/mol. The molecule has 2 aromatic rings. The summed E-state index contributed by atoms with van der Waals surface area (Å²) in [5.41, 5.74) is 1.47. The molecule has 0 fully saturated rings. The molecule has 1 aliphatic rings. The number of aliphatic hydroxyl groups is 1. The molecule has 5 nitrogen and oxygen atoms in total. The van der Waals surface area contributed by atoms with Crippen molar-refractivity contribution in [1.29, 1.82) is 0 Å². The van der Waals surface area contributed by atoms with Gasteiger partial charge in [0.2, 0.25) is 11.6 Å².